The van der Waals surface area contributed by atoms with E-state index in [1.54, 1.807) is 6.07 Å². The summed E-state index contributed by atoms with van der Waals surface area (Å²) in [7, 11) is 1.88. The van der Waals surface area contributed by atoms with E-state index in [0.29, 0.717) is 6.04 Å². The first kappa shape index (κ1) is 11.6. The molecular formula is C10H15N3O2. The average Bonchev–Trinajstić information content (AvgIpc) is 2.27. The van der Waals surface area contributed by atoms with Crippen molar-refractivity contribution in [2.45, 2.75) is 25.8 Å². The first-order chi connectivity index (χ1) is 7.06. The van der Waals surface area contributed by atoms with Crippen LogP contribution in [-0.4, -0.2) is 23.0 Å². The third-order valence-electron chi connectivity index (χ3n) is 2.65. The van der Waals surface area contributed by atoms with E-state index in [1.807, 2.05) is 20.9 Å². The summed E-state index contributed by atoms with van der Waals surface area (Å²) < 4.78 is 0. The molecule has 0 aromatic carbocycles. The Labute approximate surface area is 88.7 Å². The zero-order chi connectivity index (χ0) is 11.4. The van der Waals surface area contributed by atoms with Gasteiger partial charge in [-0.2, -0.15) is 0 Å². The number of aromatic nitrogens is 1. The number of pyridine rings is 1. The van der Waals surface area contributed by atoms with Crippen LogP contribution in [-0.2, 0) is 0 Å². The maximum atomic E-state index is 10.4. The predicted molar refractivity (Wildman–Crippen MR) is 57.8 cm³/mol. The predicted octanol–water partition coefficient (Wildman–Crippen LogP) is 1.70. The fraction of sp³-hybridized carbons (Fsp3) is 0.500. The number of nitrogens with zero attached hydrogens (tertiary/aromatic N) is 2. The first-order valence-corrected chi connectivity index (χ1v) is 4.84. The summed E-state index contributed by atoms with van der Waals surface area (Å²) in [6.07, 6.45) is 1.30. The van der Waals surface area contributed by atoms with Gasteiger partial charge in [0.2, 0.25) is 0 Å². The maximum Gasteiger partial charge on any atom is 0.287 e. The summed E-state index contributed by atoms with van der Waals surface area (Å²) in [5.74, 6) is 0.232. The molecule has 0 fully saturated rings. The normalized spacial score (nSPS) is 14.6. The van der Waals surface area contributed by atoms with Crippen LogP contribution in [0.2, 0.25) is 0 Å². The Kier molecular flexibility index (Phi) is 3.74. The quantitative estimate of drug-likeness (QED) is 0.605. The molecule has 2 atom stereocenters. The molecule has 0 bridgehead atoms. The van der Waals surface area contributed by atoms with Gasteiger partial charge in [0.15, 0.2) is 0 Å². The van der Waals surface area contributed by atoms with Gasteiger partial charge in [0, 0.05) is 23.7 Å². The third-order valence-corrected chi connectivity index (χ3v) is 2.65. The molecule has 1 aromatic heterocycles. The largest absolute Gasteiger partial charge is 0.317 e. The van der Waals surface area contributed by atoms with Crippen molar-refractivity contribution in [2.24, 2.45) is 0 Å². The first-order valence-electron chi connectivity index (χ1n) is 4.84. The molecule has 15 heavy (non-hydrogen) atoms. The molecule has 5 nitrogen and oxygen atoms in total. The van der Waals surface area contributed by atoms with Gasteiger partial charge in [-0.25, -0.2) is 0 Å². The Morgan fingerprint density at radius 2 is 2.13 bits per heavy atom. The van der Waals surface area contributed by atoms with Crippen LogP contribution < -0.4 is 5.32 Å². The fourth-order valence-corrected chi connectivity index (χ4v) is 1.28. The lowest BCUT2D eigenvalue weighted by atomic mass is 9.99. The molecule has 0 saturated heterocycles. The highest BCUT2D eigenvalue weighted by atomic mass is 16.6. The molecule has 0 aliphatic rings. The number of likely N-dealkylation sites (N-methyl/N-ethyl adjacent to an activating group) is 1. The fourth-order valence-electron chi connectivity index (χ4n) is 1.28. The van der Waals surface area contributed by atoms with Crippen LogP contribution in [0.4, 0.5) is 5.69 Å². The van der Waals surface area contributed by atoms with E-state index >= 15 is 0 Å². The zero-order valence-electron chi connectivity index (χ0n) is 9.10. The lowest BCUT2D eigenvalue weighted by Crippen LogP contribution is -2.27. The average molecular weight is 209 g/mol. The van der Waals surface area contributed by atoms with Crippen LogP contribution >= 0.6 is 0 Å². The van der Waals surface area contributed by atoms with Crippen molar-refractivity contribution in [1.82, 2.24) is 10.3 Å². The monoisotopic (exact) mass is 209 g/mol. The van der Waals surface area contributed by atoms with Gasteiger partial charge in [-0.1, -0.05) is 6.92 Å². The van der Waals surface area contributed by atoms with Crippen molar-refractivity contribution in [3.63, 3.8) is 0 Å². The number of nitrogens with one attached hydrogen (secondary N) is 1. The van der Waals surface area contributed by atoms with Crippen molar-refractivity contribution >= 4 is 5.69 Å². The highest BCUT2D eigenvalue weighted by Gasteiger charge is 2.15. The van der Waals surface area contributed by atoms with Crippen LogP contribution in [0, 0.1) is 10.1 Å². The lowest BCUT2D eigenvalue weighted by molar-refractivity contribution is -0.385. The minimum absolute atomic E-state index is 0.0306. The second-order valence-corrected chi connectivity index (χ2v) is 3.56. The standard InChI is InChI=1S/C10H15N3O2/c1-7(8(2)11-3)10-5-4-9(6-12-10)13(14)15/h4-8,11H,1-3H3. The SMILES string of the molecule is CNC(C)C(C)c1ccc([N+](=O)[O-])cn1. The van der Waals surface area contributed by atoms with Crippen molar-refractivity contribution in [3.8, 4) is 0 Å². The van der Waals surface area contributed by atoms with E-state index in [2.05, 4.69) is 10.3 Å². The highest BCUT2D eigenvalue weighted by molar-refractivity contribution is 5.28. The Balaban J connectivity index is 2.84. The van der Waals surface area contributed by atoms with Gasteiger partial charge in [0.1, 0.15) is 6.20 Å². The van der Waals surface area contributed by atoms with Crippen molar-refractivity contribution in [3.05, 3.63) is 34.1 Å². The third kappa shape index (κ3) is 2.73. The number of nitro groups is 1. The van der Waals surface area contributed by atoms with E-state index in [9.17, 15) is 10.1 Å². The molecule has 1 aromatic rings. The molecular weight excluding hydrogens is 194 g/mol. The molecule has 1 N–H and O–H groups in total. The topological polar surface area (TPSA) is 68.1 Å². The van der Waals surface area contributed by atoms with Gasteiger partial charge in [-0.05, 0) is 20.0 Å². The lowest BCUT2D eigenvalue weighted by Gasteiger charge is -2.18. The van der Waals surface area contributed by atoms with Gasteiger partial charge in [0.05, 0.1) is 4.92 Å². The van der Waals surface area contributed by atoms with Crippen molar-refractivity contribution < 1.29 is 4.92 Å². The second-order valence-electron chi connectivity index (χ2n) is 3.56. The van der Waals surface area contributed by atoms with Crippen LogP contribution in [0.3, 0.4) is 0 Å². The Bertz CT molecular complexity index is 337. The van der Waals surface area contributed by atoms with Gasteiger partial charge in [0.25, 0.3) is 5.69 Å². The summed E-state index contributed by atoms with van der Waals surface area (Å²) in [6, 6.07) is 3.48. The van der Waals surface area contributed by atoms with Crippen molar-refractivity contribution in [1.29, 1.82) is 0 Å². The van der Waals surface area contributed by atoms with E-state index < -0.39 is 4.92 Å². The van der Waals surface area contributed by atoms with Gasteiger partial charge in [-0.3, -0.25) is 15.1 Å². The smallest absolute Gasteiger partial charge is 0.287 e. The summed E-state index contributed by atoms with van der Waals surface area (Å²) >= 11 is 0. The Hall–Kier alpha value is -1.49. The number of rotatable bonds is 4. The highest BCUT2D eigenvalue weighted by Crippen LogP contribution is 2.18. The van der Waals surface area contributed by atoms with Gasteiger partial charge >= 0.3 is 0 Å². The minimum Gasteiger partial charge on any atom is -0.317 e. The number of hydrogen-bond donors (Lipinski definition) is 1. The molecule has 0 saturated carbocycles. The molecule has 0 amide bonds. The van der Waals surface area contributed by atoms with E-state index in [0.717, 1.165) is 5.69 Å². The molecule has 2 unspecified atom stereocenters. The molecule has 82 valence electrons. The van der Waals surface area contributed by atoms with Crippen LogP contribution in [0.1, 0.15) is 25.5 Å². The van der Waals surface area contributed by atoms with Crippen molar-refractivity contribution in [2.75, 3.05) is 7.05 Å². The minimum atomic E-state index is -0.442. The summed E-state index contributed by atoms with van der Waals surface area (Å²) in [6.45, 7) is 4.09. The zero-order valence-corrected chi connectivity index (χ0v) is 9.10. The maximum absolute atomic E-state index is 10.4. The van der Waals surface area contributed by atoms with Crippen LogP contribution in [0.5, 0.6) is 0 Å². The molecule has 0 radical (unpaired) electrons. The summed E-state index contributed by atoms with van der Waals surface area (Å²) in [5.41, 5.74) is 0.894. The van der Waals surface area contributed by atoms with Gasteiger partial charge < -0.3 is 5.32 Å². The summed E-state index contributed by atoms with van der Waals surface area (Å²) in [4.78, 5) is 14.1. The van der Waals surface area contributed by atoms with E-state index in [4.69, 9.17) is 0 Å². The summed E-state index contributed by atoms with van der Waals surface area (Å²) in [5, 5.41) is 13.6. The second kappa shape index (κ2) is 4.84. The number of hydrogen-bond acceptors (Lipinski definition) is 4. The van der Waals surface area contributed by atoms with E-state index in [1.165, 1.54) is 12.3 Å². The molecule has 1 rings (SSSR count). The molecule has 0 aliphatic heterocycles. The van der Waals surface area contributed by atoms with Crippen LogP contribution in [0.25, 0.3) is 0 Å². The Morgan fingerprint density at radius 3 is 2.53 bits per heavy atom. The molecule has 0 spiro atoms. The molecule has 5 heteroatoms. The van der Waals surface area contributed by atoms with Crippen LogP contribution in [0.15, 0.2) is 18.3 Å². The molecule has 0 aliphatic carbocycles. The Morgan fingerprint density at radius 1 is 1.47 bits per heavy atom. The van der Waals surface area contributed by atoms with E-state index in [-0.39, 0.29) is 11.6 Å². The molecule has 1 heterocycles. The van der Waals surface area contributed by atoms with Gasteiger partial charge in [-0.15, -0.1) is 0 Å².